The van der Waals surface area contributed by atoms with E-state index in [0.717, 1.165) is 6.20 Å². The van der Waals surface area contributed by atoms with Crippen LogP contribution in [0.15, 0.2) is 47.5 Å². The first kappa shape index (κ1) is 23.0. The Morgan fingerprint density at radius 1 is 0.933 bits per heavy atom. The third kappa shape index (κ3) is 6.09. The first-order valence-corrected chi connectivity index (χ1v) is 10.5. The number of sulfonamides is 1. The summed E-state index contributed by atoms with van der Waals surface area (Å²) >= 11 is 0. The summed E-state index contributed by atoms with van der Waals surface area (Å²) < 4.78 is 31.6. The molecule has 0 bridgehead atoms. The minimum Gasteiger partial charge on any atom is -0.383 e. The van der Waals surface area contributed by atoms with Crippen molar-refractivity contribution in [2.45, 2.75) is 11.8 Å². The van der Waals surface area contributed by atoms with Crippen LogP contribution in [0.25, 0.3) is 0 Å². The molecule has 0 radical (unpaired) electrons. The molecule has 2 aromatic rings. The van der Waals surface area contributed by atoms with Gasteiger partial charge in [0.05, 0.1) is 17.1 Å². The van der Waals surface area contributed by atoms with Crippen molar-refractivity contribution in [3.8, 4) is 0 Å². The lowest BCUT2D eigenvalue weighted by molar-refractivity contribution is 0.0927. The Morgan fingerprint density at radius 2 is 1.60 bits per heavy atom. The standard InChI is InChI=1S/C19H22N4O6S/c1-3-20-17(24)13-4-7-15(8-5-13)30(27,28)23-18(25)14-6-9-16(22-12-14)19(26)21-10-11-29-2/h4-9,12H,3,10-11H2,1-2H3,(H,20,24)(H,21,26)(H,23,25). The van der Waals surface area contributed by atoms with Crippen LogP contribution in [-0.4, -0.2) is 57.9 Å². The van der Waals surface area contributed by atoms with Gasteiger partial charge in [-0.3, -0.25) is 19.4 Å². The van der Waals surface area contributed by atoms with Crippen molar-refractivity contribution in [3.05, 3.63) is 59.4 Å². The smallest absolute Gasteiger partial charge is 0.269 e. The number of carbonyl (C=O) groups excluding carboxylic acids is 3. The summed E-state index contributed by atoms with van der Waals surface area (Å²) in [5.41, 5.74) is 0.336. The van der Waals surface area contributed by atoms with Gasteiger partial charge < -0.3 is 15.4 Å². The van der Waals surface area contributed by atoms with Gasteiger partial charge in [0.2, 0.25) is 0 Å². The molecule has 1 aromatic carbocycles. The van der Waals surface area contributed by atoms with Crippen molar-refractivity contribution in [1.82, 2.24) is 20.3 Å². The number of nitrogens with one attached hydrogen (secondary N) is 3. The molecule has 0 atom stereocenters. The number of hydrogen-bond donors (Lipinski definition) is 3. The Morgan fingerprint density at radius 3 is 2.17 bits per heavy atom. The van der Waals surface area contributed by atoms with Crippen LogP contribution in [0.3, 0.4) is 0 Å². The summed E-state index contributed by atoms with van der Waals surface area (Å²) in [6.45, 7) is 2.85. The zero-order valence-electron chi connectivity index (χ0n) is 16.5. The number of carbonyl (C=O) groups is 3. The van der Waals surface area contributed by atoms with Gasteiger partial charge in [0, 0.05) is 32.0 Å². The van der Waals surface area contributed by atoms with Gasteiger partial charge >= 0.3 is 0 Å². The molecule has 0 saturated carbocycles. The van der Waals surface area contributed by atoms with E-state index in [1.165, 1.54) is 43.5 Å². The normalized spacial score (nSPS) is 10.9. The first-order valence-electron chi connectivity index (χ1n) is 8.97. The third-order valence-electron chi connectivity index (χ3n) is 3.84. The molecular weight excluding hydrogens is 412 g/mol. The predicted molar refractivity (Wildman–Crippen MR) is 108 cm³/mol. The highest BCUT2D eigenvalue weighted by molar-refractivity contribution is 7.90. The number of hydrogen-bond acceptors (Lipinski definition) is 7. The van der Waals surface area contributed by atoms with E-state index in [9.17, 15) is 22.8 Å². The zero-order chi connectivity index (χ0) is 22.1. The summed E-state index contributed by atoms with van der Waals surface area (Å²) in [5.74, 6) is -1.68. The van der Waals surface area contributed by atoms with E-state index in [2.05, 4.69) is 15.6 Å². The zero-order valence-corrected chi connectivity index (χ0v) is 17.3. The fourth-order valence-electron chi connectivity index (χ4n) is 2.31. The van der Waals surface area contributed by atoms with Gasteiger partial charge in [-0.2, -0.15) is 0 Å². The number of amides is 3. The van der Waals surface area contributed by atoms with E-state index in [1.807, 2.05) is 4.72 Å². The fraction of sp³-hybridized carbons (Fsp3) is 0.263. The van der Waals surface area contributed by atoms with Crippen LogP contribution >= 0.6 is 0 Å². The summed E-state index contributed by atoms with van der Waals surface area (Å²) in [7, 11) is -2.65. The summed E-state index contributed by atoms with van der Waals surface area (Å²) in [6, 6.07) is 7.76. The number of rotatable bonds is 9. The Hall–Kier alpha value is -3.31. The highest BCUT2D eigenvalue weighted by atomic mass is 32.2. The van der Waals surface area contributed by atoms with E-state index in [-0.39, 0.29) is 22.1 Å². The van der Waals surface area contributed by atoms with Crippen LogP contribution in [0.1, 0.15) is 38.1 Å². The van der Waals surface area contributed by atoms with Crippen LogP contribution < -0.4 is 15.4 Å². The van der Waals surface area contributed by atoms with Gasteiger partial charge in [0.1, 0.15) is 5.69 Å². The summed E-state index contributed by atoms with van der Waals surface area (Å²) in [5, 5.41) is 5.18. The van der Waals surface area contributed by atoms with Crippen molar-refractivity contribution in [2.24, 2.45) is 0 Å². The highest BCUT2D eigenvalue weighted by Crippen LogP contribution is 2.12. The molecule has 160 valence electrons. The number of aromatic nitrogens is 1. The lowest BCUT2D eigenvalue weighted by Gasteiger charge is -2.08. The number of nitrogens with zero attached hydrogens (tertiary/aromatic N) is 1. The molecule has 10 nitrogen and oxygen atoms in total. The van der Waals surface area contributed by atoms with Gasteiger partial charge in [-0.1, -0.05) is 0 Å². The van der Waals surface area contributed by atoms with Crippen LogP contribution in [0.2, 0.25) is 0 Å². The van der Waals surface area contributed by atoms with Gasteiger partial charge in [-0.25, -0.2) is 13.1 Å². The largest absolute Gasteiger partial charge is 0.383 e. The SMILES string of the molecule is CCNC(=O)c1ccc(S(=O)(=O)NC(=O)c2ccc(C(=O)NCCOC)nc2)cc1. The van der Waals surface area contributed by atoms with Crippen LogP contribution in [-0.2, 0) is 14.8 Å². The van der Waals surface area contributed by atoms with Gasteiger partial charge in [0.15, 0.2) is 0 Å². The Labute approximate surface area is 174 Å². The van der Waals surface area contributed by atoms with Crippen molar-refractivity contribution < 1.29 is 27.5 Å². The topological polar surface area (TPSA) is 144 Å². The predicted octanol–water partition coefficient (Wildman–Crippen LogP) is 0.326. The lowest BCUT2D eigenvalue weighted by Crippen LogP contribution is -2.31. The number of methoxy groups -OCH3 is 1. The van der Waals surface area contributed by atoms with E-state index in [4.69, 9.17) is 4.74 Å². The number of benzene rings is 1. The Kier molecular flexibility index (Phi) is 8.01. The molecule has 0 unspecified atom stereocenters. The van der Waals surface area contributed by atoms with Crippen LogP contribution in [0.4, 0.5) is 0 Å². The molecule has 11 heteroatoms. The van der Waals surface area contributed by atoms with E-state index < -0.39 is 21.8 Å². The minimum atomic E-state index is -4.16. The molecule has 0 aliphatic rings. The maximum Gasteiger partial charge on any atom is 0.269 e. The molecule has 30 heavy (non-hydrogen) atoms. The Balaban J connectivity index is 2.05. The van der Waals surface area contributed by atoms with Crippen molar-refractivity contribution >= 4 is 27.7 Å². The second-order valence-electron chi connectivity index (χ2n) is 6.00. The van der Waals surface area contributed by atoms with E-state index >= 15 is 0 Å². The third-order valence-corrected chi connectivity index (χ3v) is 5.19. The highest BCUT2D eigenvalue weighted by Gasteiger charge is 2.20. The first-order chi connectivity index (χ1) is 14.3. The van der Waals surface area contributed by atoms with Gasteiger partial charge in [-0.15, -0.1) is 0 Å². The maximum absolute atomic E-state index is 12.4. The van der Waals surface area contributed by atoms with Crippen molar-refractivity contribution in [3.63, 3.8) is 0 Å². The molecule has 1 aromatic heterocycles. The molecule has 0 fully saturated rings. The summed E-state index contributed by atoms with van der Waals surface area (Å²) in [4.78, 5) is 39.6. The maximum atomic E-state index is 12.4. The molecule has 0 aliphatic heterocycles. The monoisotopic (exact) mass is 434 g/mol. The van der Waals surface area contributed by atoms with Crippen molar-refractivity contribution in [2.75, 3.05) is 26.8 Å². The summed E-state index contributed by atoms with van der Waals surface area (Å²) in [6.07, 6.45) is 1.11. The average molecular weight is 434 g/mol. The average Bonchev–Trinajstić information content (AvgIpc) is 2.74. The Bertz CT molecular complexity index is 1000. The van der Waals surface area contributed by atoms with E-state index in [1.54, 1.807) is 6.92 Å². The second-order valence-corrected chi connectivity index (χ2v) is 7.68. The lowest BCUT2D eigenvalue weighted by atomic mass is 10.2. The molecular formula is C19H22N4O6S. The van der Waals surface area contributed by atoms with Crippen LogP contribution in [0.5, 0.6) is 0 Å². The van der Waals surface area contributed by atoms with Crippen LogP contribution in [0, 0.1) is 0 Å². The van der Waals surface area contributed by atoms with Gasteiger partial charge in [-0.05, 0) is 43.3 Å². The quantitative estimate of drug-likeness (QED) is 0.482. The molecule has 3 amide bonds. The molecule has 0 spiro atoms. The molecule has 2 rings (SSSR count). The molecule has 0 aliphatic carbocycles. The molecule has 3 N–H and O–H groups in total. The van der Waals surface area contributed by atoms with Crippen molar-refractivity contribution in [1.29, 1.82) is 0 Å². The minimum absolute atomic E-state index is 0.0361. The number of pyridine rings is 1. The molecule has 0 saturated heterocycles. The fourth-order valence-corrected chi connectivity index (χ4v) is 3.28. The second kappa shape index (κ2) is 10.5. The van der Waals surface area contributed by atoms with Gasteiger partial charge in [0.25, 0.3) is 27.7 Å². The molecule has 1 heterocycles. The van der Waals surface area contributed by atoms with E-state index in [0.29, 0.717) is 25.3 Å². The number of ether oxygens (including phenoxy) is 1.